The van der Waals surface area contributed by atoms with Crippen LogP contribution in [0.1, 0.15) is 24.8 Å². The monoisotopic (exact) mass is 499 g/mol. The molecule has 2 aromatic carbocycles. The second kappa shape index (κ2) is 11.4. The summed E-state index contributed by atoms with van der Waals surface area (Å²) in [7, 11) is 0. The first-order chi connectivity index (χ1) is 15.0. The Hall–Kier alpha value is -1.70. The van der Waals surface area contributed by atoms with Crippen LogP contribution in [-0.4, -0.2) is 55.2 Å². The Kier molecular flexibility index (Phi) is 8.91. The summed E-state index contributed by atoms with van der Waals surface area (Å²) in [5.74, 6) is 0.903. The van der Waals surface area contributed by atoms with Gasteiger partial charge in [-0.1, -0.05) is 29.3 Å². The van der Waals surface area contributed by atoms with Gasteiger partial charge in [0.25, 0.3) is 0 Å². The minimum atomic E-state index is 0. The van der Waals surface area contributed by atoms with Gasteiger partial charge in [-0.15, -0.1) is 0 Å². The number of hydrogen-bond donors (Lipinski definition) is 3. The van der Waals surface area contributed by atoms with E-state index in [0.29, 0.717) is 18.1 Å². The highest BCUT2D eigenvalue weighted by Crippen LogP contribution is 2.35. The van der Waals surface area contributed by atoms with Gasteiger partial charge in [-0.05, 0) is 43.5 Å². The molecule has 0 aliphatic carbocycles. The molecule has 9 heteroatoms. The van der Waals surface area contributed by atoms with E-state index in [-0.39, 0.29) is 29.1 Å². The van der Waals surface area contributed by atoms with Gasteiger partial charge in [-0.25, -0.2) is 0 Å². The van der Waals surface area contributed by atoms with Crippen LogP contribution in [0.4, 0.5) is 11.4 Å². The highest BCUT2D eigenvalue weighted by molar-refractivity contribution is 6.44. The molecule has 174 valence electrons. The number of aryl methyl sites for hydroxylation is 1. The summed E-state index contributed by atoms with van der Waals surface area (Å²) in [6.45, 7) is 5.61. The van der Waals surface area contributed by atoms with Crippen molar-refractivity contribution in [2.24, 2.45) is 0 Å². The number of nitrogens with zero attached hydrogens (tertiary/aromatic N) is 1. The lowest BCUT2D eigenvalue weighted by Gasteiger charge is -2.32. The summed E-state index contributed by atoms with van der Waals surface area (Å²) >= 11 is 12.4. The fraction of sp³-hybridized carbons (Fsp3) is 0.435. The molecule has 2 aromatic rings. The zero-order valence-electron chi connectivity index (χ0n) is 17.8. The molecule has 32 heavy (non-hydrogen) atoms. The Morgan fingerprint density at radius 2 is 1.84 bits per heavy atom. The van der Waals surface area contributed by atoms with Crippen molar-refractivity contribution in [3.63, 3.8) is 0 Å². The summed E-state index contributed by atoms with van der Waals surface area (Å²) < 4.78 is 5.88. The molecule has 0 unspecified atom stereocenters. The van der Waals surface area contributed by atoms with Crippen molar-refractivity contribution in [1.29, 1.82) is 0 Å². The molecule has 1 saturated heterocycles. The number of fused-ring (bicyclic) bond motifs is 1. The molecule has 3 N–H and O–H groups in total. The number of ether oxygens (including phenoxy) is 1. The average Bonchev–Trinajstić information content (AvgIpc) is 2.78. The fourth-order valence-electron chi connectivity index (χ4n) is 4.20. The number of phenolic OH excluding ortho intramolecular Hbond substituents is 1. The highest BCUT2D eigenvalue weighted by Gasteiger charge is 2.25. The lowest BCUT2D eigenvalue weighted by Crippen LogP contribution is -3.10. The molecule has 0 bridgehead atoms. The number of halogens is 3. The van der Waals surface area contributed by atoms with E-state index >= 15 is 0 Å². The van der Waals surface area contributed by atoms with Gasteiger partial charge in [0.05, 0.1) is 19.7 Å². The molecule has 2 heterocycles. The number of amides is 1. The van der Waals surface area contributed by atoms with E-state index in [1.54, 1.807) is 6.07 Å². The second-order valence-electron chi connectivity index (χ2n) is 8.13. The highest BCUT2D eigenvalue weighted by atomic mass is 35.5. The Morgan fingerprint density at radius 3 is 2.62 bits per heavy atom. The van der Waals surface area contributed by atoms with Crippen LogP contribution in [0.15, 0.2) is 30.3 Å². The number of benzene rings is 2. The number of phenols is 1. The van der Waals surface area contributed by atoms with E-state index in [1.807, 2.05) is 24.3 Å². The fourth-order valence-corrected chi connectivity index (χ4v) is 4.65. The number of aromatic hydroxyl groups is 1. The number of rotatable bonds is 7. The molecule has 1 amide bonds. The van der Waals surface area contributed by atoms with E-state index < -0.39 is 0 Å². The number of carbonyl (C=O) groups excluding carboxylic acids is 1. The molecule has 0 radical (unpaired) electrons. The summed E-state index contributed by atoms with van der Waals surface area (Å²) in [5, 5.41) is 13.3. The molecule has 2 aliphatic rings. The van der Waals surface area contributed by atoms with Gasteiger partial charge in [-0.2, -0.15) is 0 Å². The number of hydrogen-bond acceptors (Lipinski definition) is 4. The maximum atomic E-state index is 11.6. The van der Waals surface area contributed by atoms with Crippen molar-refractivity contribution in [2.75, 3.05) is 44.6 Å². The average molecular weight is 501 g/mol. The predicted octanol–water partition coefficient (Wildman–Crippen LogP) is 0.279. The molecule has 0 atom stereocenters. The number of nitrogens with one attached hydrogen (secondary N) is 2. The first kappa shape index (κ1) is 24.9. The second-order valence-corrected chi connectivity index (χ2v) is 8.88. The van der Waals surface area contributed by atoms with Crippen LogP contribution in [-0.2, 0) is 11.2 Å². The van der Waals surface area contributed by atoms with Crippen molar-refractivity contribution in [3.8, 4) is 11.5 Å². The topological polar surface area (TPSA) is 66.2 Å². The SMILES string of the molecule is O=C1CCc2ccc(OCCCCN3CC[NH+](c4ccc(O)c(Cl)c4Cl)CC3)cc2N1.[Cl-]. The quantitative estimate of drug-likeness (QED) is 0.377. The summed E-state index contributed by atoms with van der Waals surface area (Å²) in [5.41, 5.74) is 3.01. The number of piperazine rings is 1. The van der Waals surface area contributed by atoms with Gasteiger partial charge < -0.3 is 27.6 Å². The first-order valence-corrected chi connectivity index (χ1v) is 11.6. The molecule has 4 rings (SSSR count). The summed E-state index contributed by atoms with van der Waals surface area (Å²) in [6, 6.07) is 9.42. The smallest absolute Gasteiger partial charge is 0.224 e. The molecular formula is C23H28Cl3N3O3. The molecule has 0 saturated carbocycles. The van der Waals surface area contributed by atoms with Gasteiger partial charge >= 0.3 is 0 Å². The normalized spacial score (nSPS) is 16.8. The Bertz CT molecular complexity index is 950. The van der Waals surface area contributed by atoms with Crippen molar-refractivity contribution in [2.45, 2.75) is 25.7 Å². The van der Waals surface area contributed by atoms with Crippen LogP contribution in [0.25, 0.3) is 0 Å². The largest absolute Gasteiger partial charge is 1.00 e. The molecule has 2 aliphatic heterocycles. The third kappa shape index (κ3) is 6.00. The molecule has 0 spiro atoms. The Balaban J connectivity index is 0.00000289. The molecule has 0 aromatic heterocycles. The minimum absolute atomic E-state index is 0. The van der Waals surface area contributed by atoms with Gasteiger partial charge in [0.2, 0.25) is 5.91 Å². The van der Waals surface area contributed by atoms with E-state index in [0.717, 1.165) is 69.1 Å². The lowest BCUT2D eigenvalue weighted by molar-refractivity contribution is -0.838. The predicted molar refractivity (Wildman–Crippen MR) is 123 cm³/mol. The number of carbonyl (C=O) groups is 1. The number of quaternary nitrogens is 1. The Morgan fingerprint density at radius 1 is 1.06 bits per heavy atom. The van der Waals surface area contributed by atoms with E-state index in [4.69, 9.17) is 27.9 Å². The number of anilines is 1. The van der Waals surface area contributed by atoms with Crippen molar-refractivity contribution >= 4 is 40.5 Å². The third-order valence-corrected chi connectivity index (χ3v) is 6.89. The van der Waals surface area contributed by atoms with Gasteiger partial charge in [0, 0.05) is 37.3 Å². The molecule has 6 nitrogen and oxygen atoms in total. The Labute approximate surface area is 204 Å². The van der Waals surface area contributed by atoms with Gasteiger partial charge in [0.1, 0.15) is 21.5 Å². The lowest BCUT2D eigenvalue weighted by atomic mass is 10.0. The third-order valence-electron chi connectivity index (χ3n) is 6.02. The van der Waals surface area contributed by atoms with Crippen molar-refractivity contribution in [3.05, 3.63) is 45.9 Å². The zero-order chi connectivity index (χ0) is 21.8. The maximum absolute atomic E-state index is 11.6. The van der Waals surface area contributed by atoms with Gasteiger partial charge in [-0.3, -0.25) is 14.6 Å². The van der Waals surface area contributed by atoms with Crippen LogP contribution in [0.5, 0.6) is 11.5 Å². The minimum Gasteiger partial charge on any atom is -1.00 e. The standard InChI is InChI=1S/C23H27Cl2N3O3.ClH/c24-22-19(6-7-20(29)23(22)25)28-12-10-27(11-13-28)9-1-2-14-31-17-5-3-16-4-8-21(30)26-18(16)15-17;/h3,5-7,15,29H,1-2,4,8-14H2,(H,26,30);1H. The van der Waals surface area contributed by atoms with E-state index in [9.17, 15) is 9.90 Å². The van der Waals surface area contributed by atoms with Gasteiger partial charge in [0.15, 0.2) is 5.69 Å². The van der Waals surface area contributed by atoms with Crippen LogP contribution in [0.2, 0.25) is 10.0 Å². The van der Waals surface area contributed by atoms with Crippen LogP contribution < -0.4 is 27.4 Å². The summed E-state index contributed by atoms with van der Waals surface area (Å²) in [4.78, 5) is 15.3. The van der Waals surface area contributed by atoms with Crippen LogP contribution >= 0.6 is 23.2 Å². The molecular weight excluding hydrogens is 473 g/mol. The van der Waals surface area contributed by atoms with E-state index in [2.05, 4.69) is 10.2 Å². The van der Waals surface area contributed by atoms with Crippen molar-refractivity contribution in [1.82, 2.24) is 4.90 Å². The zero-order valence-corrected chi connectivity index (χ0v) is 20.1. The number of unbranched alkanes of at least 4 members (excludes halogenated alkanes) is 1. The van der Waals surface area contributed by atoms with E-state index in [1.165, 1.54) is 10.5 Å². The molecule has 1 fully saturated rings. The van der Waals surface area contributed by atoms with Crippen molar-refractivity contribution < 1.29 is 31.9 Å². The van der Waals surface area contributed by atoms with Crippen LogP contribution in [0, 0.1) is 0 Å². The maximum Gasteiger partial charge on any atom is 0.224 e. The first-order valence-electron chi connectivity index (χ1n) is 10.8. The van der Waals surface area contributed by atoms with Crippen LogP contribution in [0.3, 0.4) is 0 Å². The summed E-state index contributed by atoms with van der Waals surface area (Å²) in [6.07, 6.45) is 3.40.